The Kier molecular flexibility index (Phi) is 6.38. The van der Waals surface area contributed by atoms with Crippen LogP contribution in [0.1, 0.15) is 34.4 Å². The van der Waals surface area contributed by atoms with Crippen LogP contribution in [0.5, 0.6) is 0 Å². The highest BCUT2D eigenvalue weighted by atomic mass is 15.2. The first-order chi connectivity index (χ1) is 20.3. The van der Waals surface area contributed by atoms with Crippen LogP contribution in [0, 0.1) is 0 Å². The van der Waals surface area contributed by atoms with Gasteiger partial charge in [-0.3, -0.25) is 0 Å². The number of aliphatic imine (C=N–C) groups is 2. The van der Waals surface area contributed by atoms with Crippen LogP contribution in [0.25, 0.3) is 11.4 Å². The van der Waals surface area contributed by atoms with Gasteiger partial charge in [-0.1, -0.05) is 102 Å². The van der Waals surface area contributed by atoms with Crippen LogP contribution in [0.4, 0.5) is 0 Å². The van der Waals surface area contributed by atoms with Crippen molar-refractivity contribution in [1.29, 1.82) is 0 Å². The van der Waals surface area contributed by atoms with Crippen molar-refractivity contribution in [3.8, 4) is 11.4 Å². The molecule has 0 amide bonds. The topological polar surface area (TPSA) is 89.5 Å². The van der Waals surface area contributed by atoms with Gasteiger partial charge in [-0.2, -0.15) is 0 Å². The quantitative estimate of drug-likeness (QED) is 0.315. The van der Waals surface area contributed by atoms with Crippen LogP contribution in [-0.2, 0) is 0 Å². The molecule has 0 saturated heterocycles. The van der Waals surface area contributed by atoms with E-state index in [1.807, 2.05) is 127 Å². The van der Waals surface area contributed by atoms with Gasteiger partial charge in [0.05, 0.1) is 0 Å². The first kappa shape index (κ1) is 24.3. The molecule has 7 nitrogen and oxygen atoms in total. The lowest BCUT2D eigenvalue weighted by Crippen LogP contribution is -2.36. The zero-order valence-electron chi connectivity index (χ0n) is 22.0. The summed E-state index contributed by atoms with van der Waals surface area (Å²) < 4.78 is 4.86. The minimum atomic E-state index is -0.422. The van der Waals surface area contributed by atoms with Gasteiger partial charge in [-0.15, -0.1) is 0 Å². The number of aromatic nitrogens is 3. The Morgan fingerprint density at radius 3 is 1.88 bits per heavy atom. The molecule has 0 radical (unpaired) electrons. The van der Waals surface area contributed by atoms with Gasteiger partial charge in [-0.25, -0.2) is 24.9 Å². The molecular weight excluding hydrogens is 506 g/mol. The first-order valence-electron chi connectivity index (χ1n) is 13.3. The molecule has 7 rings (SSSR count). The van der Waals surface area contributed by atoms with Crippen molar-refractivity contribution in [2.45, 2.75) is 6.17 Å². The second-order valence-corrected chi connectivity index (χ2v) is 9.49. The Morgan fingerprint density at radius 1 is 0.561 bits per heavy atom. The molecule has 194 valence electrons. The number of nitrogens with zero attached hydrogens (tertiary/aromatic N) is 6. The molecule has 2 aliphatic heterocycles. The van der Waals surface area contributed by atoms with E-state index in [-0.39, 0.29) is 0 Å². The predicted octanol–water partition coefficient (Wildman–Crippen LogP) is 4.95. The summed E-state index contributed by atoms with van der Waals surface area (Å²) in [5.74, 6) is 1.94. The SMILES string of the molecule is C1=CC(c2cc(C3=NC(c4ccccc4)N=C(c4ccccc4)N3)nc(-c3ccccc3)n2)=[N+]=C1c1ccccn1. The standard InChI is InChI=1S/C34H24N7/c1-4-12-23(13-5-1)31-37-29(28-20-19-27(36-28)26-18-10-11-21-35-26)22-30(38-31)34-40-32(24-14-6-2-7-15-24)39-33(41-34)25-16-8-3-9-17-25/h1-22,32H,(H,39,40,41)/q+1. The lowest BCUT2D eigenvalue weighted by Gasteiger charge is -2.22. The van der Waals surface area contributed by atoms with Crippen LogP contribution >= 0.6 is 0 Å². The lowest BCUT2D eigenvalue weighted by atomic mass is 10.1. The Labute approximate surface area is 237 Å². The Hall–Kier alpha value is -5.78. The highest BCUT2D eigenvalue weighted by molar-refractivity contribution is 6.22. The smallest absolute Gasteiger partial charge is 0.323 e. The van der Waals surface area contributed by atoms with E-state index in [1.165, 1.54) is 0 Å². The van der Waals surface area contributed by atoms with Gasteiger partial charge in [0.15, 0.2) is 29.2 Å². The second kappa shape index (κ2) is 10.8. The van der Waals surface area contributed by atoms with Crippen LogP contribution < -0.4 is 9.98 Å². The van der Waals surface area contributed by atoms with Crippen molar-refractivity contribution in [1.82, 2.24) is 24.9 Å². The fraction of sp³-hybridized carbons (Fsp3) is 0.0294. The molecule has 0 spiro atoms. The van der Waals surface area contributed by atoms with E-state index in [9.17, 15) is 0 Å². The van der Waals surface area contributed by atoms with Gasteiger partial charge in [0.1, 0.15) is 11.5 Å². The minimum absolute atomic E-state index is 0.422. The zero-order valence-corrected chi connectivity index (χ0v) is 22.0. The van der Waals surface area contributed by atoms with Gasteiger partial charge in [0, 0.05) is 35.5 Å². The second-order valence-electron chi connectivity index (χ2n) is 9.49. The van der Waals surface area contributed by atoms with Crippen molar-refractivity contribution in [3.63, 3.8) is 0 Å². The summed E-state index contributed by atoms with van der Waals surface area (Å²) in [7, 11) is 0. The number of rotatable bonds is 6. The van der Waals surface area contributed by atoms with E-state index in [2.05, 4.69) is 10.3 Å². The fourth-order valence-corrected chi connectivity index (χ4v) is 4.68. The normalized spacial score (nSPS) is 15.9. The first-order valence-corrected chi connectivity index (χ1v) is 13.3. The minimum Gasteiger partial charge on any atom is -0.323 e. The number of hydrogen-bond acceptors (Lipinski definition) is 6. The maximum atomic E-state index is 5.02. The summed E-state index contributed by atoms with van der Waals surface area (Å²) in [6.45, 7) is 0. The van der Waals surface area contributed by atoms with Crippen LogP contribution in [0.15, 0.2) is 144 Å². The third kappa shape index (κ3) is 5.13. The summed E-state index contributed by atoms with van der Waals surface area (Å²) in [5.41, 5.74) is 6.55. The Bertz CT molecular complexity index is 1870. The molecule has 5 aromatic rings. The lowest BCUT2D eigenvalue weighted by molar-refractivity contribution is 0.754. The number of pyridine rings is 1. The number of nitrogens with one attached hydrogen (secondary N) is 1. The molecule has 0 saturated carbocycles. The van der Waals surface area contributed by atoms with Gasteiger partial charge < -0.3 is 5.32 Å². The number of allylic oxidation sites excluding steroid dienone is 2. The number of benzene rings is 3. The molecule has 2 aliphatic rings. The molecule has 3 aromatic carbocycles. The molecule has 0 bridgehead atoms. The van der Waals surface area contributed by atoms with Crippen molar-refractivity contribution in [3.05, 3.63) is 162 Å². The van der Waals surface area contributed by atoms with Crippen molar-refractivity contribution < 1.29 is 0 Å². The Balaban J connectivity index is 1.37. The van der Waals surface area contributed by atoms with Crippen molar-refractivity contribution in [2.24, 2.45) is 9.98 Å². The summed E-state index contributed by atoms with van der Waals surface area (Å²) in [4.78, 5) is 24.3. The van der Waals surface area contributed by atoms with E-state index < -0.39 is 6.17 Å². The molecule has 4 heterocycles. The van der Waals surface area contributed by atoms with Gasteiger partial charge >= 0.3 is 11.4 Å². The van der Waals surface area contributed by atoms with Gasteiger partial charge in [0.2, 0.25) is 0 Å². The molecule has 0 fully saturated rings. The largest absolute Gasteiger partial charge is 0.353 e. The monoisotopic (exact) mass is 530 g/mol. The van der Waals surface area contributed by atoms with E-state index in [1.54, 1.807) is 6.20 Å². The number of hydrogen-bond donors (Lipinski definition) is 1. The zero-order chi connectivity index (χ0) is 27.4. The maximum absolute atomic E-state index is 5.02. The van der Waals surface area contributed by atoms with E-state index >= 15 is 0 Å². The molecule has 2 aromatic heterocycles. The number of amidine groups is 2. The third-order valence-corrected chi connectivity index (χ3v) is 6.71. The Morgan fingerprint density at radius 2 is 1.17 bits per heavy atom. The average molecular weight is 531 g/mol. The molecule has 0 aliphatic carbocycles. The van der Waals surface area contributed by atoms with Gasteiger partial charge in [-0.05, 0) is 17.7 Å². The van der Waals surface area contributed by atoms with Gasteiger partial charge in [0.25, 0.3) is 0 Å². The average Bonchev–Trinajstić information content (AvgIpc) is 3.57. The van der Waals surface area contributed by atoms with Crippen LogP contribution in [-0.4, -0.2) is 38.0 Å². The van der Waals surface area contributed by atoms with Crippen molar-refractivity contribution in [2.75, 3.05) is 0 Å². The van der Waals surface area contributed by atoms with Crippen LogP contribution in [0.3, 0.4) is 0 Å². The summed E-state index contributed by atoms with van der Waals surface area (Å²) in [5, 5.41) is 3.45. The molecule has 1 unspecified atom stereocenters. The maximum Gasteiger partial charge on any atom is 0.353 e. The van der Waals surface area contributed by atoms with Crippen LogP contribution in [0.2, 0.25) is 0 Å². The molecule has 1 atom stereocenters. The van der Waals surface area contributed by atoms with E-state index in [0.717, 1.165) is 39.6 Å². The molecule has 41 heavy (non-hydrogen) atoms. The molecular formula is C34H24N7+. The summed E-state index contributed by atoms with van der Waals surface area (Å²) in [6, 6.07) is 37.8. The third-order valence-electron chi connectivity index (χ3n) is 6.71. The van der Waals surface area contributed by atoms with E-state index in [4.69, 9.17) is 24.6 Å². The predicted molar refractivity (Wildman–Crippen MR) is 163 cm³/mol. The van der Waals surface area contributed by atoms with E-state index in [0.29, 0.717) is 23.0 Å². The highest BCUT2D eigenvalue weighted by Crippen LogP contribution is 2.25. The highest BCUT2D eigenvalue weighted by Gasteiger charge is 2.27. The fourth-order valence-electron chi connectivity index (χ4n) is 4.68. The van der Waals surface area contributed by atoms with Crippen molar-refractivity contribution >= 4 is 23.1 Å². The molecule has 7 heteroatoms. The molecule has 1 N–H and O–H groups in total. The summed E-state index contributed by atoms with van der Waals surface area (Å²) in [6.07, 6.45) is 5.27. The summed E-state index contributed by atoms with van der Waals surface area (Å²) >= 11 is 0.